The average Bonchev–Trinajstić information content (AvgIpc) is 2.37. The predicted molar refractivity (Wildman–Crippen MR) is 66.2 cm³/mol. The minimum Gasteiger partial charge on any atom is -0.477 e. The fourth-order valence-electron chi connectivity index (χ4n) is 1.92. The Labute approximate surface area is 108 Å². The number of pyridine rings is 2. The second-order valence-electron chi connectivity index (χ2n) is 4.03. The zero-order chi connectivity index (χ0) is 14.2. The van der Waals surface area contributed by atoms with Gasteiger partial charge in [0.2, 0.25) is 0 Å². The lowest BCUT2D eigenvalue weighted by atomic mass is 10.1. The molecule has 0 aliphatic carbocycles. The van der Waals surface area contributed by atoms with Gasteiger partial charge in [-0.05, 0) is 26.0 Å². The molecule has 2 rings (SSSR count). The zero-order valence-corrected chi connectivity index (χ0v) is 10.3. The molecule has 0 aliphatic rings. The third-order valence-electron chi connectivity index (χ3n) is 2.87. The van der Waals surface area contributed by atoms with E-state index in [0.29, 0.717) is 0 Å². The Morgan fingerprint density at radius 3 is 2.58 bits per heavy atom. The van der Waals surface area contributed by atoms with Crippen LogP contribution in [0.25, 0.3) is 5.82 Å². The maximum absolute atomic E-state index is 14.0. The van der Waals surface area contributed by atoms with Crippen molar-refractivity contribution in [3.63, 3.8) is 0 Å². The third-order valence-corrected chi connectivity index (χ3v) is 2.87. The molecule has 0 amide bonds. The van der Waals surface area contributed by atoms with Crippen molar-refractivity contribution in [1.29, 1.82) is 0 Å². The van der Waals surface area contributed by atoms with E-state index < -0.39 is 22.9 Å². The van der Waals surface area contributed by atoms with E-state index in [9.17, 15) is 14.0 Å². The highest BCUT2D eigenvalue weighted by Gasteiger charge is 2.22. The number of carbonyl (C=O) groups is 1. The molecule has 2 aromatic heterocycles. The van der Waals surface area contributed by atoms with E-state index in [1.165, 1.54) is 26.1 Å². The number of rotatable bonds is 2. The first-order valence-electron chi connectivity index (χ1n) is 5.51. The Hall–Kier alpha value is -2.50. The van der Waals surface area contributed by atoms with Crippen LogP contribution in [0, 0.1) is 19.7 Å². The fourth-order valence-corrected chi connectivity index (χ4v) is 1.92. The monoisotopic (exact) mass is 262 g/mol. The van der Waals surface area contributed by atoms with E-state index in [1.807, 2.05) is 0 Å². The number of carboxylic acids is 1. The van der Waals surface area contributed by atoms with Gasteiger partial charge in [-0.15, -0.1) is 0 Å². The van der Waals surface area contributed by atoms with Gasteiger partial charge < -0.3 is 5.11 Å². The Balaban J connectivity index is 2.90. The normalized spacial score (nSPS) is 10.5. The summed E-state index contributed by atoms with van der Waals surface area (Å²) in [4.78, 5) is 27.2. The van der Waals surface area contributed by atoms with Crippen LogP contribution in [0.5, 0.6) is 0 Å². The van der Waals surface area contributed by atoms with Gasteiger partial charge in [-0.3, -0.25) is 9.36 Å². The van der Waals surface area contributed by atoms with Crippen LogP contribution in [-0.2, 0) is 0 Å². The highest BCUT2D eigenvalue weighted by molar-refractivity contribution is 5.89. The van der Waals surface area contributed by atoms with Crippen LogP contribution < -0.4 is 5.56 Å². The Morgan fingerprint density at radius 2 is 2.05 bits per heavy atom. The molecule has 0 atom stereocenters. The van der Waals surface area contributed by atoms with Gasteiger partial charge in [0.15, 0.2) is 0 Å². The highest BCUT2D eigenvalue weighted by atomic mass is 19.1. The number of carboxylic acid groups (broad SMARTS) is 1. The molecule has 0 radical (unpaired) electrons. The van der Waals surface area contributed by atoms with Crippen LogP contribution in [0.4, 0.5) is 4.39 Å². The maximum atomic E-state index is 14.0. The van der Waals surface area contributed by atoms with E-state index in [4.69, 9.17) is 5.11 Å². The molecule has 0 fully saturated rings. The van der Waals surface area contributed by atoms with Crippen molar-refractivity contribution in [2.75, 3.05) is 0 Å². The Bertz CT molecular complexity index is 708. The SMILES string of the molecule is Cc1c(F)c(C)n(-c2ccccn2)c(=O)c1C(=O)O. The van der Waals surface area contributed by atoms with Gasteiger partial charge in [0.25, 0.3) is 5.56 Å². The van der Waals surface area contributed by atoms with E-state index in [1.54, 1.807) is 12.1 Å². The van der Waals surface area contributed by atoms with Crippen LogP contribution in [0.15, 0.2) is 29.2 Å². The molecule has 0 bridgehead atoms. The summed E-state index contributed by atoms with van der Waals surface area (Å²) in [6, 6.07) is 4.79. The number of aromatic carboxylic acids is 1. The van der Waals surface area contributed by atoms with Gasteiger partial charge in [-0.1, -0.05) is 6.07 Å². The van der Waals surface area contributed by atoms with Gasteiger partial charge in [0.1, 0.15) is 17.2 Å². The van der Waals surface area contributed by atoms with Crippen molar-refractivity contribution in [3.05, 3.63) is 57.4 Å². The number of hydrogen-bond donors (Lipinski definition) is 1. The lowest BCUT2D eigenvalue weighted by molar-refractivity contribution is 0.0693. The molecule has 0 saturated carbocycles. The fraction of sp³-hybridized carbons (Fsp3) is 0.154. The van der Waals surface area contributed by atoms with Gasteiger partial charge in [-0.25, -0.2) is 14.2 Å². The summed E-state index contributed by atoms with van der Waals surface area (Å²) in [5.74, 6) is -1.99. The van der Waals surface area contributed by atoms with Crippen molar-refractivity contribution in [1.82, 2.24) is 9.55 Å². The van der Waals surface area contributed by atoms with Crippen LogP contribution in [-0.4, -0.2) is 20.6 Å². The van der Waals surface area contributed by atoms with Gasteiger partial charge in [0.05, 0.1) is 5.69 Å². The van der Waals surface area contributed by atoms with Gasteiger partial charge in [0, 0.05) is 11.8 Å². The largest absolute Gasteiger partial charge is 0.477 e. The summed E-state index contributed by atoms with van der Waals surface area (Å²) in [7, 11) is 0. The van der Waals surface area contributed by atoms with E-state index >= 15 is 0 Å². The zero-order valence-electron chi connectivity index (χ0n) is 10.3. The summed E-state index contributed by atoms with van der Waals surface area (Å²) in [6.45, 7) is 2.68. The van der Waals surface area contributed by atoms with Crippen LogP contribution in [0.3, 0.4) is 0 Å². The van der Waals surface area contributed by atoms with Crippen molar-refractivity contribution >= 4 is 5.97 Å². The second kappa shape index (κ2) is 4.64. The Morgan fingerprint density at radius 1 is 1.37 bits per heavy atom. The molecule has 5 nitrogen and oxygen atoms in total. The average molecular weight is 262 g/mol. The maximum Gasteiger partial charge on any atom is 0.341 e. The summed E-state index contributed by atoms with van der Waals surface area (Å²) in [6.07, 6.45) is 1.44. The second-order valence-corrected chi connectivity index (χ2v) is 4.03. The first-order valence-corrected chi connectivity index (χ1v) is 5.51. The van der Waals surface area contributed by atoms with Crippen molar-refractivity contribution < 1.29 is 14.3 Å². The molecule has 2 aromatic rings. The molecular weight excluding hydrogens is 251 g/mol. The minimum atomic E-state index is -1.45. The standard InChI is InChI=1S/C13H11FN2O3/c1-7-10(13(18)19)12(17)16(8(2)11(7)14)9-5-3-4-6-15-9/h3-6H,1-2H3,(H,18,19). The summed E-state index contributed by atoms with van der Waals surface area (Å²) < 4.78 is 15.0. The van der Waals surface area contributed by atoms with Crippen LogP contribution in [0.1, 0.15) is 21.6 Å². The molecule has 0 aliphatic heterocycles. The van der Waals surface area contributed by atoms with Crippen molar-refractivity contribution in [2.45, 2.75) is 13.8 Å². The molecule has 1 N–H and O–H groups in total. The number of aromatic nitrogens is 2. The number of halogens is 1. The molecule has 98 valence electrons. The quantitative estimate of drug-likeness (QED) is 0.893. The number of hydrogen-bond acceptors (Lipinski definition) is 3. The summed E-state index contributed by atoms with van der Waals surface area (Å²) in [5.41, 5.74) is -1.50. The first-order chi connectivity index (χ1) is 8.95. The smallest absolute Gasteiger partial charge is 0.341 e. The Kier molecular flexibility index (Phi) is 3.16. The summed E-state index contributed by atoms with van der Waals surface area (Å²) >= 11 is 0. The molecule has 0 unspecified atom stereocenters. The van der Waals surface area contributed by atoms with Crippen LogP contribution in [0.2, 0.25) is 0 Å². The molecule has 0 spiro atoms. The topological polar surface area (TPSA) is 72.2 Å². The van der Waals surface area contributed by atoms with Gasteiger partial charge >= 0.3 is 5.97 Å². The molecule has 6 heteroatoms. The van der Waals surface area contributed by atoms with Gasteiger partial charge in [-0.2, -0.15) is 0 Å². The predicted octanol–water partition coefficient (Wildman–Crippen LogP) is 1.69. The minimum absolute atomic E-state index is 0.0335. The highest BCUT2D eigenvalue weighted by Crippen LogP contribution is 2.15. The summed E-state index contributed by atoms with van der Waals surface area (Å²) in [5, 5.41) is 9.03. The molecule has 2 heterocycles. The molecule has 19 heavy (non-hydrogen) atoms. The van der Waals surface area contributed by atoms with Crippen molar-refractivity contribution in [3.8, 4) is 5.82 Å². The molecule has 0 aromatic carbocycles. The lowest BCUT2D eigenvalue weighted by Crippen LogP contribution is -2.30. The van der Waals surface area contributed by atoms with Crippen molar-refractivity contribution in [2.24, 2.45) is 0 Å². The van der Waals surface area contributed by atoms with E-state index in [-0.39, 0.29) is 17.1 Å². The lowest BCUT2D eigenvalue weighted by Gasteiger charge is -2.13. The van der Waals surface area contributed by atoms with Crippen LogP contribution >= 0.6 is 0 Å². The molecular formula is C13H11FN2O3. The van der Waals surface area contributed by atoms with E-state index in [2.05, 4.69) is 4.98 Å². The number of nitrogens with zero attached hydrogens (tertiary/aromatic N) is 2. The third kappa shape index (κ3) is 2.01. The van der Waals surface area contributed by atoms with E-state index in [0.717, 1.165) is 4.57 Å². The molecule has 0 saturated heterocycles. The first kappa shape index (κ1) is 12.9.